The molecular formula is C24H30N4O4. The number of piperidine rings is 1. The summed E-state index contributed by atoms with van der Waals surface area (Å²) in [4.78, 5) is 45.0. The van der Waals surface area contributed by atoms with E-state index in [1.165, 1.54) is 28.9 Å². The van der Waals surface area contributed by atoms with E-state index in [1.54, 1.807) is 4.90 Å². The lowest BCUT2D eigenvalue weighted by molar-refractivity contribution is -0.127. The van der Waals surface area contributed by atoms with Gasteiger partial charge in [-0.05, 0) is 54.2 Å². The van der Waals surface area contributed by atoms with E-state index < -0.39 is 6.09 Å². The Hall–Kier alpha value is -2.90. The number of hydrogen-bond donors (Lipinski definition) is 0. The number of hydrogen-bond acceptors (Lipinski definition) is 5. The summed E-state index contributed by atoms with van der Waals surface area (Å²) in [6, 6.07) is 4.26. The number of aromatic nitrogens is 2. The number of ether oxygens (including phenoxy) is 1. The first-order chi connectivity index (χ1) is 15.1. The van der Waals surface area contributed by atoms with Crippen LogP contribution in [-0.2, 0) is 22.0 Å². The molecule has 3 amide bonds. The highest BCUT2D eigenvalue weighted by Gasteiger charge is 2.39. The molecule has 1 aromatic carbocycles. The van der Waals surface area contributed by atoms with E-state index in [0.717, 1.165) is 11.0 Å². The number of nitrogens with zero attached hydrogens (tertiary/aromatic N) is 4. The molecule has 8 heteroatoms. The lowest BCUT2D eigenvalue weighted by Gasteiger charge is -2.34. The second kappa shape index (κ2) is 7.32. The zero-order valence-corrected chi connectivity index (χ0v) is 19.2. The van der Waals surface area contributed by atoms with Gasteiger partial charge in [-0.1, -0.05) is 26.8 Å². The molecule has 3 heterocycles. The average Bonchev–Trinajstić information content (AvgIpc) is 3.48. The van der Waals surface area contributed by atoms with Gasteiger partial charge in [0.15, 0.2) is 12.4 Å². The molecule has 2 aromatic rings. The minimum atomic E-state index is -0.573. The summed E-state index contributed by atoms with van der Waals surface area (Å²) in [5, 5.41) is 0. The van der Waals surface area contributed by atoms with E-state index in [9.17, 15) is 14.4 Å². The third-order valence-corrected chi connectivity index (χ3v) is 6.96. The van der Waals surface area contributed by atoms with Crippen LogP contribution in [0.5, 0.6) is 0 Å². The normalized spacial score (nSPS) is 20.4. The number of cyclic esters (lactones) is 1. The van der Waals surface area contributed by atoms with Crippen molar-refractivity contribution in [2.75, 3.05) is 19.7 Å². The number of carbonyl (C=O) groups is 3. The number of amides is 3. The number of likely N-dealkylation sites (tertiary alicyclic amines) is 1. The Bertz CT molecular complexity index is 1100. The van der Waals surface area contributed by atoms with Gasteiger partial charge in [-0.15, -0.1) is 0 Å². The predicted octanol–water partition coefficient (Wildman–Crippen LogP) is 3.33. The molecule has 0 unspecified atom stereocenters. The van der Waals surface area contributed by atoms with Crippen LogP contribution >= 0.6 is 0 Å². The van der Waals surface area contributed by atoms with Gasteiger partial charge >= 0.3 is 6.09 Å². The highest BCUT2D eigenvalue weighted by Crippen LogP contribution is 2.43. The zero-order chi connectivity index (χ0) is 22.8. The fraction of sp³-hybridized carbons (Fsp3) is 0.583. The highest BCUT2D eigenvalue weighted by molar-refractivity contribution is 5.98. The smallest absolute Gasteiger partial charge is 0.417 e. The van der Waals surface area contributed by atoms with Crippen LogP contribution in [0, 0.1) is 0 Å². The van der Waals surface area contributed by atoms with Crippen LogP contribution < -0.4 is 0 Å². The molecule has 3 aliphatic rings. The summed E-state index contributed by atoms with van der Waals surface area (Å²) < 4.78 is 6.76. The van der Waals surface area contributed by atoms with Gasteiger partial charge in [0, 0.05) is 26.2 Å². The van der Waals surface area contributed by atoms with Crippen LogP contribution in [0.25, 0.3) is 11.0 Å². The van der Waals surface area contributed by atoms with Gasteiger partial charge in [0.25, 0.3) is 11.8 Å². The van der Waals surface area contributed by atoms with Gasteiger partial charge in [-0.2, -0.15) is 0 Å². The molecule has 0 spiro atoms. The Balaban J connectivity index is 1.41. The highest BCUT2D eigenvalue weighted by atomic mass is 16.6. The number of imidazole rings is 1. The Kier molecular flexibility index (Phi) is 4.80. The lowest BCUT2D eigenvalue weighted by atomic mass is 9.84. The molecule has 32 heavy (non-hydrogen) atoms. The SMILES string of the molecule is Cn1c(C(=O)N2CCC(N3C(=O)COC3=O)CC2)nc2c(C(C)(C)C)cc(C3CC3)cc21. The average molecular weight is 439 g/mol. The van der Waals surface area contributed by atoms with Crippen LogP contribution in [-0.4, -0.2) is 63.0 Å². The van der Waals surface area contributed by atoms with Crippen molar-refractivity contribution >= 4 is 28.9 Å². The van der Waals surface area contributed by atoms with Crippen LogP contribution in [0.2, 0.25) is 0 Å². The first-order valence-corrected chi connectivity index (χ1v) is 11.4. The predicted molar refractivity (Wildman–Crippen MR) is 119 cm³/mol. The van der Waals surface area contributed by atoms with E-state index in [0.29, 0.717) is 37.7 Å². The van der Waals surface area contributed by atoms with Gasteiger partial charge < -0.3 is 14.2 Å². The number of benzene rings is 1. The molecule has 170 valence electrons. The minimum Gasteiger partial charge on any atom is -0.439 e. The molecular weight excluding hydrogens is 408 g/mol. The maximum Gasteiger partial charge on any atom is 0.417 e. The lowest BCUT2D eigenvalue weighted by Crippen LogP contribution is -2.48. The quantitative estimate of drug-likeness (QED) is 0.734. The molecule has 0 atom stereocenters. The van der Waals surface area contributed by atoms with E-state index in [-0.39, 0.29) is 29.9 Å². The summed E-state index contributed by atoms with van der Waals surface area (Å²) in [5.74, 6) is 0.656. The molecule has 0 N–H and O–H groups in total. The van der Waals surface area contributed by atoms with Crippen molar-refractivity contribution in [2.24, 2.45) is 7.05 Å². The van der Waals surface area contributed by atoms with Crippen molar-refractivity contribution in [3.63, 3.8) is 0 Å². The van der Waals surface area contributed by atoms with Crippen LogP contribution in [0.15, 0.2) is 12.1 Å². The number of imide groups is 1. The Labute approximate surface area is 187 Å². The fourth-order valence-electron chi connectivity index (χ4n) is 4.91. The largest absolute Gasteiger partial charge is 0.439 e. The van der Waals surface area contributed by atoms with Crippen molar-refractivity contribution in [3.8, 4) is 0 Å². The first-order valence-electron chi connectivity index (χ1n) is 11.4. The fourth-order valence-corrected chi connectivity index (χ4v) is 4.91. The van der Waals surface area contributed by atoms with Crippen LogP contribution in [0.4, 0.5) is 4.79 Å². The van der Waals surface area contributed by atoms with Crippen molar-refractivity contribution in [3.05, 3.63) is 29.1 Å². The van der Waals surface area contributed by atoms with Gasteiger partial charge in [-0.25, -0.2) is 14.7 Å². The van der Waals surface area contributed by atoms with Crippen molar-refractivity contribution in [2.45, 2.75) is 63.8 Å². The second-order valence-corrected chi connectivity index (χ2v) is 10.3. The molecule has 1 saturated carbocycles. The van der Waals surface area contributed by atoms with Crippen molar-refractivity contribution in [1.82, 2.24) is 19.4 Å². The summed E-state index contributed by atoms with van der Waals surface area (Å²) in [6.45, 7) is 7.32. The summed E-state index contributed by atoms with van der Waals surface area (Å²) >= 11 is 0. The molecule has 2 saturated heterocycles. The maximum absolute atomic E-state index is 13.4. The van der Waals surface area contributed by atoms with Gasteiger partial charge in [0.2, 0.25) is 0 Å². The van der Waals surface area contributed by atoms with Gasteiger partial charge in [0.05, 0.1) is 11.0 Å². The molecule has 3 fully saturated rings. The standard InChI is InChI=1S/C24H30N4O4/c1-24(2,3)17-11-15(14-5-6-14)12-18-20(17)25-21(26(18)4)22(30)27-9-7-16(8-10-27)28-19(29)13-32-23(28)31/h11-12,14,16H,5-10,13H2,1-4H3. The first kappa shape index (κ1) is 21.0. The Morgan fingerprint density at radius 2 is 1.78 bits per heavy atom. The monoisotopic (exact) mass is 438 g/mol. The molecule has 0 radical (unpaired) electrons. The summed E-state index contributed by atoms with van der Waals surface area (Å²) in [6.07, 6.45) is 2.98. The van der Waals surface area contributed by atoms with E-state index in [4.69, 9.17) is 9.72 Å². The number of aryl methyl sites for hydroxylation is 1. The maximum atomic E-state index is 13.4. The molecule has 2 aliphatic heterocycles. The number of carbonyl (C=O) groups excluding carboxylic acids is 3. The van der Waals surface area contributed by atoms with Crippen LogP contribution in [0.3, 0.4) is 0 Å². The van der Waals surface area contributed by atoms with Crippen LogP contribution in [0.1, 0.15) is 74.1 Å². The Morgan fingerprint density at radius 1 is 1.09 bits per heavy atom. The molecule has 5 rings (SSSR count). The second-order valence-electron chi connectivity index (χ2n) is 10.3. The Morgan fingerprint density at radius 3 is 2.34 bits per heavy atom. The molecule has 1 aromatic heterocycles. The molecule has 0 bridgehead atoms. The van der Waals surface area contributed by atoms with E-state index in [2.05, 4.69) is 32.9 Å². The van der Waals surface area contributed by atoms with E-state index in [1.807, 2.05) is 11.6 Å². The molecule has 8 nitrogen and oxygen atoms in total. The topological polar surface area (TPSA) is 84.7 Å². The van der Waals surface area contributed by atoms with Gasteiger partial charge in [0.1, 0.15) is 0 Å². The number of fused-ring (bicyclic) bond motifs is 1. The minimum absolute atomic E-state index is 0.0763. The van der Waals surface area contributed by atoms with Crippen molar-refractivity contribution < 1.29 is 19.1 Å². The molecule has 1 aliphatic carbocycles. The summed E-state index contributed by atoms with van der Waals surface area (Å²) in [5.41, 5.74) is 4.34. The summed E-state index contributed by atoms with van der Waals surface area (Å²) in [7, 11) is 1.91. The number of rotatable bonds is 3. The third-order valence-electron chi connectivity index (χ3n) is 6.96. The third kappa shape index (κ3) is 3.45. The van der Waals surface area contributed by atoms with E-state index >= 15 is 0 Å². The van der Waals surface area contributed by atoms with Gasteiger partial charge in [-0.3, -0.25) is 9.59 Å². The zero-order valence-electron chi connectivity index (χ0n) is 19.2. The van der Waals surface area contributed by atoms with Crippen molar-refractivity contribution in [1.29, 1.82) is 0 Å².